The fraction of sp³-hybridized carbons (Fsp3) is 0.500. The highest BCUT2D eigenvalue weighted by Crippen LogP contribution is 2.49. The van der Waals surface area contributed by atoms with Crippen molar-refractivity contribution in [2.24, 2.45) is 5.92 Å². The van der Waals surface area contributed by atoms with E-state index in [2.05, 4.69) is 17.0 Å². The number of hydrogen-bond acceptors (Lipinski definition) is 3. The highest BCUT2D eigenvalue weighted by atomic mass is 32.2. The Morgan fingerprint density at radius 3 is 2.09 bits per heavy atom. The van der Waals surface area contributed by atoms with Gasteiger partial charge in [-0.25, -0.2) is 8.42 Å². The van der Waals surface area contributed by atoms with Gasteiger partial charge < -0.3 is 5.32 Å². The maximum Gasteiger partial charge on any atom is 0.262 e. The first-order chi connectivity index (χ1) is 15.1. The molecule has 1 amide bonds. The van der Waals surface area contributed by atoms with Gasteiger partial charge in [0.05, 0.1) is 10.3 Å². The molecule has 0 aromatic heterocycles. The predicted molar refractivity (Wildman–Crippen MR) is 128 cm³/mol. The van der Waals surface area contributed by atoms with Crippen LogP contribution in [0.25, 0.3) is 0 Å². The van der Waals surface area contributed by atoms with Gasteiger partial charge in [0.2, 0.25) is 5.91 Å². The predicted octanol–water partition coefficient (Wildman–Crippen LogP) is 5.14. The number of carbonyl (C=O) groups excluding carboxylic acids is 1. The van der Waals surface area contributed by atoms with Gasteiger partial charge in [-0.2, -0.15) is 0 Å². The van der Waals surface area contributed by atoms with Gasteiger partial charge in [0.25, 0.3) is 10.0 Å². The fourth-order valence-electron chi connectivity index (χ4n) is 4.79. The van der Waals surface area contributed by atoms with Crippen molar-refractivity contribution in [3.63, 3.8) is 0 Å². The second kappa shape index (κ2) is 8.54. The Hall–Kier alpha value is -2.34. The maximum absolute atomic E-state index is 13.1. The summed E-state index contributed by atoms with van der Waals surface area (Å²) >= 11 is 0. The summed E-state index contributed by atoms with van der Waals surface area (Å²) in [7, 11) is -3.69. The molecular formula is C26H34N2O3S. The third-order valence-corrected chi connectivity index (χ3v) is 8.83. The zero-order valence-electron chi connectivity index (χ0n) is 19.5. The Balaban J connectivity index is 1.46. The van der Waals surface area contributed by atoms with E-state index < -0.39 is 15.4 Å². The monoisotopic (exact) mass is 454 g/mol. The molecule has 2 aliphatic rings. The van der Waals surface area contributed by atoms with Gasteiger partial charge in [0.15, 0.2) is 0 Å². The van der Waals surface area contributed by atoms with Crippen molar-refractivity contribution in [3.8, 4) is 0 Å². The molecule has 2 aromatic rings. The second-order valence-electron chi connectivity index (χ2n) is 9.90. The van der Waals surface area contributed by atoms with Crippen molar-refractivity contribution in [1.29, 1.82) is 0 Å². The van der Waals surface area contributed by atoms with Crippen molar-refractivity contribution >= 4 is 21.6 Å². The first-order valence-electron chi connectivity index (χ1n) is 11.6. The van der Waals surface area contributed by atoms with Crippen LogP contribution < -0.4 is 10.0 Å². The molecule has 2 aromatic carbocycles. The molecule has 0 spiro atoms. The average molecular weight is 455 g/mol. The van der Waals surface area contributed by atoms with Crippen LogP contribution in [0.3, 0.4) is 0 Å². The van der Waals surface area contributed by atoms with Gasteiger partial charge >= 0.3 is 0 Å². The molecule has 2 saturated carbocycles. The van der Waals surface area contributed by atoms with Crippen LogP contribution in [0, 0.1) is 26.7 Å². The zero-order chi connectivity index (χ0) is 23.1. The van der Waals surface area contributed by atoms with Gasteiger partial charge in [-0.05, 0) is 106 Å². The van der Waals surface area contributed by atoms with Gasteiger partial charge in [0, 0.05) is 11.7 Å². The third-order valence-electron chi connectivity index (χ3n) is 7.31. The van der Waals surface area contributed by atoms with Crippen molar-refractivity contribution < 1.29 is 13.2 Å². The molecule has 0 heterocycles. The van der Waals surface area contributed by atoms with Crippen molar-refractivity contribution in [1.82, 2.24) is 5.32 Å². The Bertz CT molecular complexity index is 1110. The smallest absolute Gasteiger partial charge is 0.262 e. The molecule has 6 heteroatoms. The molecule has 2 N–H and O–H groups in total. The molecule has 0 atom stereocenters. The van der Waals surface area contributed by atoms with Gasteiger partial charge in [-0.1, -0.05) is 25.1 Å². The Kier molecular flexibility index (Phi) is 6.10. The van der Waals surface area contributed by atoms with Crippen LogP contribution in [0.1, 0.15) is 67.7 Å². The molecule has 4 rings (SSSR count). The van der Waals surface area contributed by atoms with E-state index in [-0.39, 0.29) is 11.9 Å². The van der Waals surface area contributed by atoms with E-state index in [4.69, 9.17) is 0 Å². The molecule has 2 fully saturated rings. The summed E-state index contributed by atoms with van der Waals surface area (Å²) in [4.78, 5) is 13.3. The number of benzene rings is 2. The minimum atomic E-state index is -3.69. The van der Waals surface area contributed by atoms with Gasteiger partial charge in [0.1, 0.15) is 0 Å². The van der Waals surface area contributed by atoms with E-state index >= 15 is 0 Å². The summed E-state index contributed by atoms with van der Waals surface area (Å²) in [6.45, 7) is 7.98. The van der Waals surface area contributed by atoms with E-state index in [9.17, 15) is 13.2 Å². The van der Waals surface area contributed by atoms with Crippen LogP contribution in [-0.2, 0) is 20.2 Å². The standard InChI is InChI=1S/C26H34N2O3S/c1-17-5-9-22(10-6-17)27-25(29)26(13-14-26)21-7-11-23(12-8-21)28-32(30,31)24-16-19(3)18(2)15-20(24)4/h7-8,11-12,15-17,22,28H,5-6,9-10,13-14H2,1-4H3,(H,27,29). The summed E-state index contributed by atoms with van der Waals surface area (Å²) in [6.07, 6.45) is 6.15. The Morgan fingerprint density at radius 2 is 1.50 bits per heavy atom. The molecule has 0 bridgehead atoms. The van der Waals surface area contributed by atoms with Crippen molar-refractivity contribution in [2.45, 2.75) is 82.6 Å². The average Bonchev–Trinajstić information content (AvgIpc) is 3.55. The molecule has 172 valence electrons. The summed E-state index contributed by atoms with van der Waals surface area (Å²) in [5, 5.41) is 3.28. The lowest BCUT2D eigenvalue weighted by molar-refractivity contribution is -0.124. The second-order valence-corrected chi connectivity index (χ2v) is 11.5. The molecule has 0 saturated heterocycles. The van der Waals surface area contributed by atoms with Crippen molar-refractivity contribution in [3.05, 3.63) is 58.7 Å². The van der Waals surface area contributed by atoms with Crippen LogP contribution in [-0.4, -0.2) is 20.4 Å². The molecule has 32 heavy (non-hydrogen) atoms. The number of rotatable bonds is 6. The number of amides is 1. The molecule has 0 unspecified atom stereocenters. The van der Waals surface area contributed by atoms with Gasteiger partial charge in [-0.15, -0.1) is 0 Å². The highest BCUT2D eigenvalue weighted by molar-refractivity contribution is 7.92. The van der Waals surface area contributed by atoms with Gasteiger partial charge in [-0.3, -0.25) is 9.52 Å². The number of aryl methyl sites for hydroxylation is 3. The largest absolute Gasteiger partial charge is 0.353 e. The quantitative estimate of drug-likeness (QED) is 0.635. The van der Waals surface area contributed by atoms with E-state index in [1.165, 1.54) is 12.8 Å². The van der Waals surface area contributed by atoms with E-state index in [0.717, 1.165) is 53.9 Å². The summed E-state index contributed by atoms with van der Waals surface area (Å²) in [6, 6.07) is 11.2. The van der Waals surface area contributed by atoms with Crippen LogP contribution >= 0.6 is 0 Å². The zero-order valence-corrected chi connectivity index (χ0v) is 20.3. The van der Waals surface area contributed by atoms with Crippen LogP contribution in [0.15, 0.2) is 41.3 Å². The van der Waals surface area contributed by atoms with Crippen molar-refractivity contribution in [2.75, 3.05) is 4.72 Å². The maximum atomic E-state index is 13.1. The van der Waals surface area contributed by atoms with E-state index in [1.807, 2.05) is 39.0 Å². The lowest BCUT2D eigenvalue weighted by atomic mass is 9.86. The third kappa shape index (κ3) is 4.56. The van der Waals surface area contributed by atoms with Crippen LogP contribution in [0.2, 0.25) is 0 Å². The minimum absolute atomic E-state index is 0.121. The summed E-state index contributed by atoms with van der Waals surface area (Å²) in [5.74, 6) is 0.873. The SMILES string of the molecule is Cc1cc(C)c(S(=O)(=O)Nc2ccc(C3(C(=O)NC4CCC(C)CC4)CC3)cc2)cc1C. The number of anilines is 1. The first kappa shape index (κ1) is 22.8. The van der Waals surface area contributed by atoms with Crippen LogP contribution in [0.4, 0.5) is 5.69 Å². The Morgan fingerprint density at radius 1 is 0.906 bits per heavy atom. The highest BCUT2D eigenvalue weighted by Gasteiger charge is 2.51. The number of sulfonamides is 1. The molecule has 5 nitrogen and oxygen atoms in total. The topological polar surface area (TPSA) is 75.3 Å². The molecule has 0 radical (unpaired) electrons. The molecule has 2 aliphatic carbocycles. The number of nitrogens with one attached hydrogen (secondary N) is 2. The summed E-state index contributed by atoms with van der Waals surface area (Å²) in [5.41, 5.74) is 3.75. The Labute approximate surface area is 192 Å². The molecular weight excluding hydrogens is 420 g/mol. The first-order valence-corrected chi connectivity index (χ1v) is 13.1. The lowest BCUT2D eigenvalue weighted by Gasteiger charge is -2.28. The summed E-state index contributed by atoms with van der Waals surface area (Å²) < 4.78 is 28.6. The fourth-order valence-corrected chi connectivity index (χ4v) is 6.16. The van der Waals surface area contributed by atoms with E-state index in [0.29, 0.717) is 10.6 Å². The lowest BCUT2D eigenvalue weighted by Crippen LogP contribution is -2.43. The minimum Gasteiger partial charge on any atom is -0.353 e. The normalized spacial score (nSPS) is 22.2. The van der Waals surface area contributed by atoms with Crippen LogP contribution in [0.5, 0.6) is 0 Å². The van der Waals surface area contributed by atoms with E-state index in [1.54, 1.807) is 18.2 Å². The number of hydrogen-bond donors (Lipinski definition) is 2. The molecule has 0 aliphatic heterocycles. The number of carbonyl (C=O) groups is 1.